The Kier molecular flexibility index (Phi) is 8.77. The quantitative estimate of drug-likeness (QED) is 0.270. The summed E-state index contributed by atoms with van der Waals surface area (Å²) in [7, 11) is -2.03. The maximum atomic E-state index is 12.5. The molecule has 0 bridgehead atoms. The highest BCUT2D eigenvalue weighted by Crippen LogP contribution is 2.56. The van der Waals surface area contributed by atoms with Gasteiger partial charge in [-0.1, -0.05) is 80.6 Å². The summed E-state index contributed by atoms with van der Waals surface area (Å²) in [6.45, 7) is 22.3. The van der Waals surface area contributed by atoms with Crippen LogP contribution in [-0.4, -0.2) is 31.2 Å². The normalized spacial score (nSPS) is 29.8. The summed E-state index contributed by atoms with van der Waals surface area (Å²) >= 11 is 0. The van der Waals surface area contributed by atoms with Crippen molar-refractivity contribution in [1.82, 2.24) is 0 Å². The summed E-state index contributed by atoms with van der Waals surface area (Å²) < 4.78 is 13.7. The summed E-state index contributed by atoms with van der Waals surface area (Å²) in [5.74, 6) is 0. The van der Waals surface area contributed by atoms with Crippen molar-refractivity contribution < 1.29 is 14.3 Å². The molecule has 0 saturated carbocycles. The molecular weight excluding hydrogens is 460 g/mol. The summed E-state index contributed by atoms with van der Waals surface area (Å²) in [6, 6.07) is 10.3. The molecule has 2 aliphatic carbocycles. The van der Waals surface area contributed by atoms with Gasteiger partial charge >= 0.3 is 0 Å². The lowest BCUT2D eigenvalue weighted by molar-refractivity contribution is -0.126. The van der Waals surface area contributed by atoms with Gasteiger partial charge in [-0.15, -0.1) is 0 Å². The van der Waals surface area contributed by atoms with Crippen LogP contribution in [0.5, 0.6) is 0 Å². The molecule has 0 radical (unpaired) electrons. The van der Waals surface area contributed by atoms with Crippen molar-refractivity contribution in [3.63, 3.8) is 0 Å². The lowest BCUT2D eigenvalue weighted by atomic mass is 9.56. The third kappa shape index (κ3) is 5.43. The van der Waals surface area contributed by atoms with Crippen molar-refractivity contribution in [2.24, 2.45) is 10.8 Å². The van der Waals surface area contributed by atoms with Crippen molar-refractivity contribution in [3.8, 4) is 0 Å². The van der Waals surface area contributed by atoms with Crippen molar-refractivity contribution in [2.45, 2.75) is 104 Å². The van der Waals surface area contributed by atoms with E-state index in [9.17, 15) is 5.11 Å². The van der Waals surface area contributed by atoms with Gasteiger partial charge in [0, 0.05) is 10.8 Å². The average molecular weight is 509 g/mol. The van der Waals surface area contributed by atoms with Crippen LogP contribution in [-0.2, 0) is 15.8 Å². The van der Waals surface area contributed by atoms with Crippen LogP contribution in [0.4, 0.5) is 0 Å². The molecule has 2 aliphatic rings. The van der Waals surface area contributed by atoms with Gasteiger partial charge in [0.25, 0.3) is 0 Å². The fraction of sp³-hybridized carbons (Fsp3) is 0.562. The highest BCUT2D eigenvalue weighted by molar-refractivity contribution is 6.69. The van der Waals surface area contributed by atoms with Crippen LogP contribution in [0.1, 0.15) is 65.9 Å². The number of aliphatic hydroxyl groups excluding tert-OH is 1. The monoisotopic (exact) mass is 508 g/mol. The topological polar surface area (TPSA) is 38.7 Å². The second kappa shape index (κ2) is 10.9. The zero-order valence-electron chi connectivity index (χ0n) is 23.9. The van der Waals surface area contributed by atoms with Gasteiger partial charge in [0.15, 0.2) is 8.32 Å². The van der Waals surface area contributed by atoms with Crippen LogP contribution < -0.4 is 0 Å². The molecule has 0 heterocycles. The first-order valence-corrected chi connectivity index (χ1v) is 16.9. The Morgan fingerprint density at radius 2 is 1.83 bits per heavy atom. The Hall–Kier alpha value is -1.72. The molecule has 0 aromatic heterocycles. The van der Waals surface area contributed by atoms with Gasteiger partial charge < -0.3 is 14.3 Å². The molecule has 198 valence electrons. The summed E-state index contributed by atoms with van der Waals surface area (Å²) in [6.07, 6.45) is 11.3. The number of hydrogen-bond acceptors (Lipinski definition) is 3. The van der Waals surface area contributed by atoms with E-state index in [-0.39, 0.29) is 6.10 Å². The highest BCUT2D eigenvalue weighted by atomic mass is 28.4. The molecule has 36 heavy (non-hydrogen) atoms. The van der Waals surface area contributed by atoms with Crippen molar-refractivity contribution >= 4 is 8.32 Å². The molecule has 0 fully saturated rings. The molecule has 1 aromatic rings. The Balaban J connectivity index is 2.07. The third-order valence-corrected chi connectivity index (χ3v) is 9.36. The van der Waals surface area contributed by atoms with Crippen LogP contribution in [0.3, 0.4) is 0 Å². The smallest absolute Gasteiger partial charge is 0.184 e. The summed E-state index contributed by atoms with van der Waals surface area (Å²) in [5.41, 5.74) is 3.17. The van der Waals surface area contributed by atoms with E-state index in [4.69, 9.17) is 9.16 Å². The molecule has 4 heteroatoms. The number of allylic oxidation sites excluding steroid dienone is 4. The number of benzene rings is 1. The number of rotatable bonds is 9. The minimum absolute atomic E-state index is 0.0321. The minimum Gasteiger partial charge on any atom is -0.408 e. The molecule has 1 unspecified atom stereocenters. The Labute approximate surface area is 221 Å². The van der Waals surface area contributed by atoms with E-state index < -0.39 is 30.9 Å². The molecule has 1 N–H and O–H groups in total. The van der Waals surface area contributed by atoms with E-state index in [1.54, 1.807) is 0 Å². The van der Waals surface area contributed by atoms with E-state index in [0.717, 1.165) is 31.3 Å². The minimum atomic E-state index is -2.03. The van der Waals surface area contributed by atoms with Crippen molar-refractivity contribution in [3.05, 3.63) is 83.5 Å². The Bertz CT molecular complexity index is 1010. The van der Waals surface area contributed by atoms with E-state index in [1.807, 2.05) is 12.1 Å². The fourth-order valence-electron chi connectivity index (χ4n) is 6.60. The first kappa shape index (κ1) is 28.8. The molecule has 3 nitrogen and oxygen atoms in total. The predicted molar refractivity (Wildman–Crippen MR) is 154 cm³/mol. The summed E-state index contributed by atoms with van der Waals surface area (Å²) in [4.78, 5) is 0. The third-order valence-electron chi connectivity index (χ3n) is 8.38. The van der Waals surface area contributed by atoms with Crippen LogP contribution in [0.2, 0.25) is 19.6 Å². The standard InChI is InChI=1S/C32H48O3Si/c1-10-21-31(6)27(18-15-19-28(31)34-23-25-16-13-12-14-17-25)29(33)32(35-36(7,8)9)22-20-24(3)26(11-2)30(32,4)5/h10-14,16-18,21,28-29,33H,2,15,19-20,22-23H2,1,3-9H3/b21-10-/t28?,29-,31-,32+/m0/s1. The zero-order valence-corrected chi connectivity index (χ0v) is 24.9. The van der Waals surface area contributed by atoms with E-state index >= 15 is 0 Å². The predicted octanol–water partition coefficient (Wildman–Crippen LogP) is 8.15. The van der Waals surface area contributed by atoms with Gasteiger partial charge in [0.1, 0.15) is 6.10 Å². The molecule has 3 rings (SSSR count). The van der Waals surface area contributed by atoms with Gasteiger partial charge in [-0.2, -0.15) is 0 Å². The molecule has 0 spiro atoms. The summed E-state index contributed by atoms with van der Waals surface area (Å²) in [5, 5.41) is 12.5. The largest absolute Gasteiger partial charge is 0.408 e. The first-order valence-electron chi connectivity index (χ1n) is 13.5. The van der Waals surface area contributed by atoms with Gasteiger partial charge in [-0.3, -0.25) is 0 Å². The van der Waals surface area contributed by atoms with Crippen LogP contribution in [0, 0.1) is 10.8 Å². The zero-order chi connectivity index (χ0) is 26.8. The molecule has 4 atom stereocenters. The van der Waals surface area contributed by atoms with E-state index in [1.165, 1.54) is 16.7 Å². The van der Waals surface area contributed by atoms with Crippen molar-refractivity contribution in [2.75, 3.05) is 0 Å². The second-order valence-electron chi connectivity index (χ2n) is 12.3. The molecule has 0 saturated heterocycles. The van der Waals surface area contributed by atoms with Gasteiger partial charge in [-0.25, -0.2) is 0 Å². The molecule has 1 aromatic carbocycles. The number of ether oxygens (including phenoxy) is 1. The van der Waals surface area contributed by atoms with Crippen molar-refractivity contribution in [1.29, 1.82) is 0 Å². The van der Waals surface area contributed by atoms with Crippen LogP contribution >= 0.6 is 0 Å². The number of aliphatic hydroxyl groups is 1. The molecular formula is C32H48O3Si. The van der Waals surface area contributed by atoms with Gasteiger partial charge in [0.05, 0.1) is 18.3 Å². The van der Waals surface area contributed by atoms with E-state index in [0.29, 0.717) is 6.61 Å². The molecule has 0 amide bonds. The fourth-order valence-corrected chi connectivity index (χ4v) is 8.16. The molecule has 0 aliphatic heterocycles. The maximum Gasteiger partial charge on any atom is 0.184 e. The van der Waals surface area contributed by atoms with Gasteiger partial charge in [-0.05, 0) is 82.8 Å². The average Bonchev–Trinajstić information content (AvgIpc) is 2.80. The maximum absolute atomic E-state index is 12.5. The SMILES string of the molecule is C=CC1=C(C)CC[C@@](O[Si](C)(C)C)([C@@H](O)C2=CCCC(OCc3ccccc3)[C@@]2(C)/C=C\C)C1(C)C. The Morgan fingerprint density at radius 1 is 1.17 bits per heavy atom. The first-order chi connectivity index (χ1) is 16.8. The second-order valence-corrected chi connectivity index (χ2v) is 16.8. The Morgan fingerprint density at radius 3 is 2.42 bits per heavy atom. The van der Waals surface area contributed by atoms with E-state index in [2.05, 4.69) is 103 Å². The number of hydrogen-bond donors (Lipinski definition) is 1. The highest BCUT2D eigenvalue weighted by Gasteiger charge is 2.59. The van der Waals surface area contributed by atoms with Gasteiger partial charge in [0.2, 0.25) is 0 Å². The van der Waals surface area contributed by atoms with Crippen LogP contribution in [0.15, 0.2) is 77.9 Å². The lowest BCUT2D eigenvalue weighted by Gasteiger charge is -2.58. The lowest BCUT2D eigenvalue weighted by Crippen LogP contribution is -2.63. The van der Waals surface area contributed by atoms with Crippen LogP contribution in [0.25, 0.3) is 0 Å².